The first kappa shape index (κ1) is 20.5. The molecule has 0 bridgehead atoms. The second-order valence-electron chi connectivity index (χ2n) is 3.72. The summed E-state index contributed by atoms with van der Waals surface area (Å²) in [7, 11) is 0. The van der Waals surface area contributed by atoms with Gasteiger partial charge in [-0.1, -0.05) is 26.3 Å². The Labute approximate surface area is 123 Å². The van der Waals surface area contributed by atoms with Crippen LogP contribution in [0.15, 0.2) is 51.4 Å². The maximum absolute atomic E-state index is 5.04. The van der Waals surface area contributed by atoms with Gasteiger partial charge in [0.1, 0.15) is 0 Å². The zero-order valence-electron chi connectivity index (χ0n) is 12.6. The lowest BCUT2D eigenvalue weighted by Crippen LogP contribution is -2.06. The van der Waals surface area contributed by atoms with Gasteiger partial charge in [-0.3, -0.25) is 0 Å². The summed E-state index contributed by atoms with van der Waals surface area (Å²) in [6.45, 7) is 17.8. The normalized spacial score (nSPS) is 10.1. The van der Waals surface area contributed by atoms with Gasteiger partial charge in [0.25, 0.3) is 0 Å². The van der Waals surface area contributed by atoms with Crippen molar-refractivity contribution in [1.82, 2.24) is 0 Å². The summed E-state index contributed by atoms with van der Waals surface area (Å²) in [4.78, 5) is 0. The molecule has 116 valence electrons. The molecule has 0 spiro atoms. The molecule has 0 amide bonds. The first-order chi connectivity index (χ1) is 9.72. The monoisotopic (exact) mass is 284 g/mol. The Morgan fingerprint density at radius 3 is 1.60 bits per heavy atom. The second-order valence-corrected chi connectivity index (χ2v) is 3.72. The van der Waals surface area contributed by atoms with E-state index in [4.69, 9.17) is 18.9 Å². The minimum Gasteiger partial charge on any atom is -0.502 e. The van der Waals surface area contributed by atoms with E-state index in [-0.39, 0.29) is 6.10 Å². The van der Waals surface area contributed by atoms with E-state index in [1.807, 2.05) is 6.92 Å². The molecule has 0 aliphatic rings. The van der Waals surface area contributed by atoms with E-state index >= 15 is 0 Å². The molecule has 0 heterocycles. The molecule has 4 heteroatoms. The van der Waals surface area contributed by atoms with Gasteiger partial charge < -0.3 is 18.9 Å². The number of hydrogen-bond donors (Lipinski definition) is 0. The molecule has 0 aliphatic carbocycles. The van der Waals surface area contributed by atoms with Crippen molar-refractivity contribution < 1.29 is 18.9 Å². The fourth-order valence-corrected chi connectivity index (χ4v) is 1.09. The first-order valence-electron chi connectivity index (χ1n) is 6.66. The Morgan fingerprint density at radius 1 is 0.750 bits per heavy atom. The van der Waals surface area contributed by atoms with Crippen molar-refractivity contribution in [3.63, 3.8) is 0 Å². The SMILES string of the molecule is C=COCCC(C)OC=C.C=COCCCCOC=C. The highest BCUT2D eigenvalue weighted by Crippen LogP contribution is 1.97. The Bertz CT molecular complexity index is 227. The summed E-state index contributed by atoms with van der Waals surface area (Å²) in [6, 6.07) is 0. The molecule has 0 radical (unpaired) electrons. The van der Waals surface area contributed by atoms with E-state index in [1.54, 1.807) is 0 Å². The zero-order chi connectivity index (χ0) is 15.5. The molecule has 1 unspecified atom stereocenters. The molecular formula is C16H28O4. The van der Waals surface area contributed by atoms with Crippen LogP contribution in [0.2, 0.25) is 0 Å². The van der Waals surface area contributed by atoms with Crippen molar-refractivity contribution in [2.75, 3.05) is 19.8 Å². The van der Waals surface area contributed by atoms with E-state index in [1.165, 1.54) is 25.0 Å². The van der Waals surface area contributed by atoms with Gasteiger partial charge in [-0.05, 0) is 19.8 Å². The molecule has 1 atom stereocenters. The lowest BCUT2D eigenvalue weighted by Gasteiger charge is -2.09. The highest BCUT2D eigenvalue weighted by Gasteiger charge is 1.97. The van der Waals surface area contributed by atoms with Crippen LogP contribution < -0.4 is 0 Å². The number of rotatable bonds is 13. The average Bonchev–Trinajstić information content (AvgIpc) is 2.44. The summed E-state index contributed by atoms with van der Waals surface area (Å²) in [5.74, 6) is 0. The molecule has 0 N–H and O–H groups in total. The van der Waals surface area contributed by atoms with Crippen molar-refractivity contribution in [2.24, 2.45) is 0 Å². The quantitative estimate of drug-likeness (QED) is 0.376. The van der Waals surface area contributed by atoms with Crippen molar-refractivity contribution in [3.05, 3.63) is 51.4 Å². The smallest absolute Gasteiger partial charge is 0.0982 e. The average molecular weight is 284 g/mol. The lowest BCUT2D eigenvalue weighted by molar-refractivity contribution is 0.120. The summed E-state index contributed by atoms with van der Waals surface area (Å²) in [5.41, 5.74) is 0. The second kappa shape index (κ2) is 19.5. The molecule has 0 rings (SSSR count). The lowest BCUT2D eigenvalue weighted by atomic mass is 10.3. The van der Waals surface area contributed by atoms with Crippen LogP contribution in [0.1, 0.15) is 26.2 Å². The fourth-order valence-electron chi connectivity index (χ4n) is 1.09. The third kappa shape index (κ3) is 21.4. The molecule has 0 aromatic heterocycles. The minimum absolute atomic E-state index is 0.178. The predicted molar refractivity (Wildman–Crippen MR) is 83.0 cm³/mol. The maximum atomic E-state index is 5.04. The van der Waals surface area contributed by atoms with Gasteiger partial charge in [0, 0.05) is 6.42 Å². The largest absolute Gasteiger partial charge is 0.502 e. The van der Waals surface area contributed by atoms with E-state index in [0.717, 1.165) is 32.5 Å². The summed E-state index contributed by atoms with van der Waals surface area (Å²) in [5, 5.41) is 0. The molecule has 0 saturated heterocycles. The van der Waals surface area contributed by atoms with Crippen molar-refractivity contribution in [3.8, 4) is 0 Å². The van der Waals surface area contributed by atoms with Gasteiger partial charge >= 0.3 is 0 Å². The fraction of sp³-hybridized carbons (Fsp3) is 0.500. The van der Waals surface area contributed by atoms with Gasteiger partial charge in [-0.15, -0.1) is 0 Å². The summed E-state index contributed by atoms with van der Waals surface area (Å²) < 4.78 is 19.7. The van der Waals surface area contributed by atoms with Crippen LogP contribution in [0.25, 0.3) is 0 Å². The van der Waals surface area contributed by atoms with Crippen molar-refractivity contribution >= 4 is 0 Å². The molecule has 0 fully saturated rings. The minimum atomic E-state index is 0.178. The van der Waals surface area contributed by atoms with Gasteiger partial charge in [-0.25, -0.2) is 0 Å². The number of hydrogen-bond acceptors (Lipinski definition) is 4. The number of unbranched alkanes of at least 4 members (excludes halogenated alkanes) is 1. The van der Waals surface area contributed by atoms with Gasteiger partial charge in [-0.2, -0.15) is 0 Å². The molecule has 0 aromatic rings. The molecular weight excluding hydrogens is 256 g/mol. The van der Waals surface area contributed by atoms with Gasteiger partial charge in [0.2, 0.25) is 0 Å². The molecule has 4 nitrogen and oxygen atoms in total. The highest BCUT2D eigenvalue weighted by molar-refractivity contribution is 4.58. The van der Waals surface area contributed by atoms with Gasteiger partial charge in [0.05, 0.1) is 51.0 Å². The zero-order valence-corrected chi connectivity index (χ0v) is 12.6. The van der Waals surface area contributed by atoms with Crippen LogP contribution in [0, 0.1) is 0 Å². The van der Waals surface area contributed by atoms with Crippen molar-refractivity contribution in [2.45, 2.75) is 32.3 Å². The number of ether oxygens (including phenoxy) is 4. The van der Waals surface area contributed by atoms with E-state index in [0.29, 0.717) is 6.61 Å². The molecule has 0 aliphatic heterocycles. The Hall–Kier alpha value is -1.84. The molecule has 0 saturated carbocycles. The van der Waals surface area contributed by atoms with Crippen LogP contribution >= 0.6 is 0 Å². The predicted octanol–water partition coefficient (Wildman–Crippen LogP) is 4.17. The third-order valence-electron chi connectivity index (χ3n) is 2.10. The van der Waals surface area contributed by atoms with Gasteiger partial charge in [0.15, 0.2) is 0 Å². The Kier molecular flexibility index (Phi) is 20.0. The van der Waals surface area contributed by atoms with E-state index < -0.39 is 0 Å². The highest BCUT2D eigenvalue weighted by atomic mass is 16.5. The summed E-state index contributed by atoms with van der Waals surface area (Å²) in [6.07, 6.45) is 8.82. The van der Waals surface area contributed by atoms with Crippen LogP contribution in [-0.2, 0) is 18.9 Å². The maximum Gasteiger partial charge on any atom is 0.0982 e. The third-order valence-corrected chi connectivity index (χ3v) is 2.10. The molecule has 20 heavy (non-hydrogen) atoms. The van der Waals surface area contributed by atoms with Crippen LogP contribution in [-0.4, -0.2) is 25.9 Å². The standard InChI is InChI=1S/2C8H14O2/c1-4-9-7-6-8(3)10-5-2;1-3-9-7-5-6-8-10-4-2/h4-5,8H,1-2,6-7H2,3H3;3-4H,1-2,5-8H2. The summed E-state index contributed by atoms with van der Waals surface area (Å²) >= 11 is 0. The van der Waals surface area contributed by atoms with E-state index in [2.05, 4.69) is 26.3 Å². The Morgan fingerprint density at radius 2 is 1.20 bits per heavy atom. The first-order valence-corrected chi connectivity index (χ1v) is 6.66. The van der Waals surface area contributed by atoms with Crippen molar-refractivity contribution in [1.29, 1.82) is 0 Å². The molecule has 0 aromatic carbocycles. The van der Waals surface area contributed by atoms with Crippen LogP contribution in [0.3, 0.4) is 0 Å². The Balaban J connectivity index is 0. The van der Waals surface area contributed by atoms with E-state index in [9.17, 15) is 0 Å². The topological polar surface area (TPSA) is 36.9 Å². The van der Waals surface area contributed by atoms with Crippen LogP contribution in [0.4, 0.5) is 0 Å². The van der Waals surface area contributed by atoms with Crippen LogP contribution in [0.5, 0.6) is 0 Å².